The van der Waals surface area contributed by atoms with Crippen molar-refractivity contribution in [3.63, 3.8) is 0 Å². The van der Waals surface area contributed by atoms with Crippen molar-refractivity contribution in [2.75, 3.05) is 13.2 Å². The van der Waals surface area contributed by atoms with E-state index >= 15 is 0 Å². The molecule has 0 saturated carbocycles. The molecule has 7 nitrogen and oxygen atoms in total. The van der Waals surface area contributed by atoms with E-state index in [9.17, 15) is 15.0 Å². The highest BCUT2D eigenvalue weighted by Crippen LogP contribution is 2.13. The zero-order valence-corrected chi connectivity index (χ0v) is 10.6. The van der Waals surface area contributed by atoms with Crippen molar-refractivity contribution >= 4 is 17.9 Å². The van der Waals surface area contributed by atoms with Gasteiger partial charge in [-0.15, -0.1) is 0 Å². The number of aliphatic hydroxyl groups is 2. The second-order valence-electron chi connectivity index (χ2n) is 4.25. The number of guanidine groups is 1. The second kappa shape index (κ2) is 6.18. The lowest BCUT2D eigenvalue weighted by molar-refractivity contribution is -0.115. The maximum atomic E-state index is 11.7. The summed E-state index contributed by atoms with van der Waals surface area (Å²) in [4.78, 5) is 15.6. The molecule has 1 aliphatic rings. The van der Waals surface area contributed by atoms with Crippen molar-refractivity contribution in [2.45, 2.75) is 6.10 Å². The summed E-state index contributed by atoms with van der Waals surface area (Å²) >= 11 is 0. The van der Waals surface area contributed by atoms with Crippen LogP contribution in [0.3, 0.4) is 0 Å². The van der Waals surface area contributed by atoms with Crippen LogP contribution in [0.4, 0.5) is 0 Å². The van der Waals surface area contributed by atoms with Crippen molar-refractivity contribution in [2.24, 2.45) is 4.99 Å². The molecule has 7 heteroatoms. The summed E-state index contributed by atoms with van der Waals surface area (Å²) in [6.45, 7) is -0.396. The number of phenolic OH excluding ortho intramolecular Hbond substituents is 1. The predicted molar refractivity (Wildman–Crippen MR) is 72.8 cm³/mol. The van der Waals surface area contributed by atoms with Gasteiger partial charge in [-0.25, -0.2) is 4.99 Å². The third-order valence-corrected chi connectivity index (χ3v) is 2.60. The number of nitrogens with one attached hydrogen (secondary N) is 2. The lowest BCUT2D eigenvalue weighted by Gasteiger charge is -2.03. The molecule has 1 aromatic carbocycles. The topological polar surface area (TPSA) is 114 Å². The fraction of sp³-hybridized carbons (Fsp3) is 0.231. The number of carbonyl (C=O) groups excluding carboxylic acids is 1. The number of aliphatic imine (C=N–C) groups is 1. The van der Waals surface area contributed by atoms with E-state index in [1.54, 1.807) is 18.2 Å². The Hall–Kier alpha value is -2.38. The molecule has 0 aromatic heterocycles. The lowest BCUT2D eigenvalue weighted by atomic mass is 10.2. The Morgan fingerprint density at radius 2 is 1.95 bits per heavy atom. The van der Waals surface area contributed by atoms with Gasteiger partial charge in [-0.05, 0) is 23.8 Å². The van der Waals surface area contributed by atoms with Gasteiger partial charge in [-0.3, -0.25) is 10.1 Å². The smallest absolute Gasteiger partial charge is 0.274 e. The molecule has 2 rings (SSSR count). The summed E-state index contributed by atoms with van der Waals surface area (Å²) in [5, 5.41) is 32.3. The Balaban J connectivity index is 2.07. The van der Waals surface area contributed by atoms with Gasteiger partial charge in [0.15, 0.2) is 0 Å². The molecule has 106 valence electrons. The second-order valence-corrected chi connectivity index (χ2v) is 4.25. The summed E-state index contributed by atoms with van der Waals surface area (Å²) < 4.78 is 0. The molecular weight excluding hydrogens is 262 g/mol. The van der Waals surface area contributed by atoms with Gasteiger partial charge < -0.3 is 20.6 Å². The van der Waals surface area contributed by atoms with Gasteiger partial charge in [0, 0.05) is 0 Å². The van der Waals surface area contributed by atoms with E-state index in [1.165, 1.54) is 12.1 Å². The summed E-state index contributed by atoms with van der Waals surface area (Å²) in [6, 6.07) is 6.38. The van der Waals surface area contributed by atoms with E-state index in [2.05, 4.69) is 15.6 Å². The molecule has 1 fully saturated rings. The van der Waals surface area contributed by atoms with Gasteiger partial charge in [-0.2, -0.15) is 0 Å². The number of nitrogens with zero attached hydrogens (tertiary/aromatic N) is 1. The molecule has 1 atom stereocenters. The molecule has 1 heterocycles. The van der Waals surface area contributed by atoms with Gasteiger partial charge in [0.2, 0.25) is 5.96 Å². The number of hydrogen-bond donors (Lipinski definition) is 5. The molecule has 20 heavy (non-hydrogen) atoms. The average Bonchev–Trinajstić information content (AvgIpc) is 2.79. The first-order valence-corrected chi connectivity index (χ1v) is 6.01. The quantitative estimate of drug-likeness (QED) is 0.461. The van der Waals surface area contributed by atoms with Gasteiger partial charge >= 0.3 is 0 Å². The molecule has 1 unspecified atom stereocenters. The average molecular weight is 277 g/mol. The highest BCUT2D eigenvalue weighted by molar-refractivity contribution is 6.15. The summed E-state index contributed by atoms with van der Waals surface area (Å²) in [5.41, 5.74) is 1.06. The minimum atomic E-state index is -0.952. The number of hydrogen-bond acceptors (Lipinski definition) is 5. The first kappa shape index (κ1) is 14.0. The summed E-state index contributed by atoms with van der Waals surface area (Å²) in [5.74, 6) is 0.0408. The van der Waals surface area contributed by atoms with Crippen LogP contribution in [0, 0.1) is 0 Å². The van der Waals surface area contributed by atoms with Crippen molar-refractivity contribution in [1.29, 1.82) is 0 Å². The normalized spacial score (nSPS) is 20.0. The van der Waals surface area contributed by atoms with Gasteiger partial charge in [0.25, 0.3) is 5.91 Å². The van der Waals surface area contributed by atoms with Crippen LogP contribution in [-0.4, -0.2) is 46.4 Å². The Morgan fingerprint density at radius 3 is 2.60 bits per heavy atom. The van der Waals surface area contributed by atoms with Crippen LogP contribution >= 0.6 is 0 Å². The van der Waals surface area contributed by atoms with Crippen LogP contribution in [-0.2, 0) is 4.79 Å². The number of benzene rings is 1. The van der Waals surface area contributed by atoms with Gasteiger partial charge in [0.05, 0.1) is 19.3 Å². The van der Waals surface area contributed by atoms with Crippen molar-refractivity contribution in [1.82, 2.24) is 10.6 Å². The fourth-order valence-corrected chi connectivity index (χ4v) is 1.56. The number of aliphatic hydroxyl groups excluding tert-OH is 2. The number of rotatable bonds is 4. The molecule has 0 bridgehead atoms. The van der Waals surface area contributed by atoms with Gasteiger partial charge in [-0.1, -0.05) is 12.1 Å². The van der Waals surface area contributed by atoms with Crippen molar-refractivity contribution < 1.29 is 20.1 Å². The Morgan fingerprint density at radius 1 is 1.25 bits per heavy atom. The molecule has 1 amide bonds. The van der Waals surface area contributed by atoms with Crippen LogP contribution in [0.15, 0.2) is 35.0 Å². The van der Waals surface area contributed by atoms with Crippen LogP contribution in [0.2, 0.25) is 0 Å². The standard InChI is InChI=1S/C13H15N3O4/c17-7-10(19)6-14-13-15-11(12(20)16-13)5-8-1-3-9(18)4-2-8/h1-5,10,17-19H,6-7H2,(H2,14,15,16,20)/b11-5-. The van der Waals surface area contributed by atoms with E-state index in [0.29, 0.717) is 5.70 Å². The third-order valence-electron chi connectivity index (χ3n) is 2.60. The fourth-order valence-electron chi connectivity index (χ4n) is 1.56. The van der Waals surface area contributed by atoms with Crippen LogP contribution in [0.5, 0.6) is 5.75 Å². The monoisotopic (exact) mass is 277 g/mol. The highest BCUT2D eigenvalue weighted by Gasteiger charge is 2.21. The van der Waals surface area contributed by atoms with Gasteiger partial charge in [0.1, 0.15) is 11.4 Å². The molecule has 0 spiro atoms. The van der Waals surface area contributed by atoms with Crippen molar-refractivity contribution in [3.8, 4) is 5.75 Å². The zero-order chi connectivity index (χ0) is 14.5. The molecule has 0 aliphatic carbocycles. The first-order chi connectivity index (χ1) is 9.58. The molecule has 5 N–H and O–H groups in total. The predicted octanol–water partition coefficient (Wildman–Crippen LogP) is -0.838. The number of phenols is 1. The van der Waals surface area contributed by atoms with E-state index in [1.807, 2.05) is 0 Å². The number of aromatic hydroxyl groups is 1. The van der Waals surface area contributed by atoms with E-state index < -0.39 is 6.10 Å². The summed E-state index contributed by atoms with van der Waals surface area (Å²) in [7, 11) is 0. The number of amides is 1. The molecule has 1 aromatic rings. The maximum absolute atomic E-state index is 11.7. The van der Waals surface area contributed by atoms with Crippen LogP contribution in [0.1, 0.15) is 5.56 Å². The summed E-state index contributed by atoms with van der Waals surface area (Å²) in [6.07, 6.45) is 0.658. The Kier molecular flexibility index (Phi) is 4.34. The van der Waals surface area contributed by atoms with Crippen LogP contribution < -0.4 is 10.6 Å². The molecule has 0 radical (unpaired) electrons. The zero-order valence-electron chi connectivity index (χ0n) is 10.6. The molecular formula is C13H15N3O4. The van der Waals surface area contributed by atoms with Crippen molar-refractivity contribution in [3.05, 3.63) is 35.5 Å². The Bertz CT molecular complexity index is 551. The van der Waals surface area contributed by atoms with E-state index in [4.69, 9.17) is 5.11 Å². The lowest BCUT2D eigenvalue weighted by Crippen LogP contribution is -2.27. The highest BCUT2D eigenvalue weighted by atomic mass is 16.3. The largest absolute Gasteiger partial charge is 0.508 e. The minimum Gasteiger partial charge on any atom is -0.508 e. The maximum Gasteiger partial charge on any atom is 0.274 e. The molecule has 1 aliphatic heterocycles. The van der Waals surface area contributed by atoms with E-state index in [0.717, 1.165) is 5.56 Å². The Labute approximate surface area is 115 Å². The third kappa shape index (κ3) is 3.56. The van der Waals surface area contributed by atoms with Crippen LogP contribution in [0.25, 0.3) is 6.08 Å². The van der Waals surface area contributed by atoms with E-state index in [-0.39, 0.29) is 30.8 Å². The SMILES string of the molecule is O=C1NC(=NCC(O)CO)N/C1=C\c1ccc(O)cc1. The first-order valence-electron chi connectivity index (χ1n) is 6.01. The molecule has 1 saturated heterocycles. The number of carbonyl (C=O) groups is 1. The minimum absolute atomic E-state index is 0.00833.